The van der Waals surface area contributed by atoms with Gasteiger partial charge in [-0.15, -0.1) is 0 Å². The summed E-state index contributed by atoms with van der Waals surface area (Å²) < 4.78 is 12.1. The van der Waals surface area contributed by atoms with E-state index in [1.54, 1.807) is 44.2 Å². The van der Waals surface area contributed by atoms with Crippen LogP contribution in [0.25, 0.3) is 11.8 Å². The van der Waals surface area contributed by atoms with Gasteiger partial charge in [0, 0.05) is 33.5 Å². The van der Waals surface area contributed by atoms with E-state index >= 15 is 0 Å². The zero-order valence-electron chi connectivity index (χ0n) is 21.3. The number of ether oxygens (including phenoxy) is 2. The first kappa shape index (κ1) is 26.0. The van der Waals surface area contributed by atoms with Crippen LogP contribution in [0.15, 0.2) is 71.4 Å². The van der Waals surface area contributed by atoms with E-state index < -0.39 is 11.9 Å². The van der Waals surface area contributed by atoms with Gasteiger partial charge in [0.15, 0.2) is 0 Å². The van der Waals surface area contributed by atoms with Gasteiger partial charge < -0.3 is 14.0 Å². The zero-order chi connectivity index (χ0) is 26.9. The number of halogens is 1. The number of hydrogen-bond acceptors (Lipinski definition) is 5. The number of rotatable bonds is 6. The van der Waals surface area contributed by atoms with Gasteiger partial charge in [0.25, 0.3) is 5.91 Å². The molecular formula is C29H27ClN2O5. The molecule has 2 aromatic carbocycles. The molecule has 0 fully saturated rings. The average Bonchev–Trinajstić information content (AvgIpc) is 3.30. The van der Waals surface area contributed by atoms with Crippen LogP contribution in [0.4, 0.5) is 5.69 Å². The van der Waals surface area contributed by atoms with Gasteiger partial charge in [-0.05, 0) is 93.9 Å². The Kier molecular flexibility index (Phi) is 7.36. The van der Waals surface area contributed by atoms with Gasteiger partial charge in [0.05, 0.1) is 30.4 Å². The van der Waals surface area contributed by atoms with E-state index in [9.17, 15) is 14.4 Å². The normalized spacial score (nSPS) is 14.5. The number of aryl methyl sites for hydroxylation is 1. The molecule has 0 saturated heterocycles. The molecule has 1 aliphatic rings. The topological polar surface area (TPSA) is 77.8 Å². The summed E-state index contributed by atoms with van der Waals surface area (Å²) in [5, 5.41) is 0.642. The van der Waals surface area contributed by atoms with E-state index in [2.05, 4.69) is 4.57 Å². The van der Waals surface area contributed by atoms with Crippen LogP contribution in [0.5, 0.6) is 0 Å². The summed E-state index contributed by atoms with van der Waals surface area (Å²) in [5.74, 6) is -1.41. The van der Waals surface area contributed by atoms with Crippen molar-refractivity contribution in [3.8, 4) is 5.69 Å². The zero-order valence-corrected chi connectivity index (χ0v) is 22.1. The van der Waals surface area contributed by atoms with Crippen molar-refractivity contribution in [3.05, 3.63) is 99.0 Å². The van der Waals surface area contributed by atoms with Gasteiger partial charge in [-0.25, -0.2) is 9.59 Å². The number of aromatic nitrogens is 1. The maximum atomic E-state index is 13.7. The molecular weight excluding hydrogens is 492 g/mol. The molecule has 0 radical (unpaired) electrons. The molecule has 0 bridgehead atoms. The fraction of sp³-hybridized carbons (Fsp3) is 0.207. The smallest absolute Gasteiger partial charge is 0.340 e. The fourth-order valence-corrected chi connectivity index (χ4v) is 4.65. The largest absolute Gasteiger partial charge is 0.465 e. The maximum Gasteiger partial charge on any atom is 0.340 e. The Balaban J connectivity index is 1.77. The van der Waals surface area contributed by atoms with E-state index in [0.717, 1.165) is 22.6 Å². The van der Waals surface area contributed by atoms with Crippen molar-refractivity contribution >= 4 is 41.2 Å². The standard InChI is InChI=1S/C29H27ClN2O5/c1-6-37-28(34)20-7-11-24(12-8-20)32-19(4)26(29(35)36-5)25(27(32)33)16-21-15-17(2)31(18(21)3)23-13-9-22(30)10-14-23/h7-16H,6H2,1-5H3/b25-16-. The lowest BCUT2D eigenvalue weighted by atomic mass is 10.0. The molecule has 7 nitrogen and oxygen atoms in total. The Labute approximate surface area is 220 Å². The third-order valence-corrected chi connectivity index (χ3v) is 6.53. The number of esters is 2. The highest BCUT2D eigenvalue weighted by atomic mass is 35.5. The average molecular weight is 519 g/mol. The molecule has 1 amide bonds. The van der Waals surface area contributed by atoms with Crippen LogP contribution in [0.2, 0.25) is 5.02 Å². The summed E-state index contributed by atoms with van der Waals surface area (Å²) in [5.41, 5.74) is 5.36. The second-order valence-electron chi connectivity index (χ2n) is 8.56. The van der Waals surface area contributed by atoms with Crippen LogP contribution >= 0.6 is 11.6 Å². The molecule has 0 N–H and O–H groups in total. The lowest BCUT2D eigenvalue weighted by molar-refractivity contribution is -0.136. The van der Waals surface area contributed by atoms with Crippen LogP contribution < -0.4 is 4.90 Å². The number of anilines is 1. The van der Waals surface area contributed by atoms with Crippen molar-refractivity contribution in [2.45, 2.75) is 27.7 Å². The summed E-state index contributed by atoms with van der Waals surface area (Å²) in [6.45, 7) is 7.62. The van der Waals surface area contributed by atoms with E-state index in [1.807, 2.05) is 44.2 Å². The molecule has 0 unspecified atom stereocenters. The van der Waals surface area contributed by atoms with Crippen LogP contribution in [-0.4, -0.2) is 36.1 Å². The molecule has 3 aromatic rings. The molecule has 1 aromatic heterocycles. The number of methoxy groups -OCH3 is 1. The van der Waals surface area contributed by atoms with Gasteiger partial charge in [-0.1, -0.05) is 11.6 Å². The number of carbonyl (C=O) groups is 3. The molecule has 190 valence electrons. The molecule has 37 heavy (non-hydrogen) atoms. The minimum Gasteiger partial charge on any atom is -0.465 e. The fourth-order valence-electron chi connectivity index (χ4n) is 4.53. The molecule has 0 spiro atoms. The van der Waals surface area contributed by atoms with Crippen molar-refractivity contribution < 1.29 is 23.9 Å². The number of benzene rings is 2. The first-order valence-corrected chi connectivity index (χ1v) is 12.1. The van der Waals surface area contributed by atoms with Crippen molar-refractivity contribution in [1.29, 1.82) is 0 Å². The monoisotopic (exact) mass is 518 g/mol. The number of hydrogen-bond donors (Lipinski definition) is 0. The number of allylic oxidation sites excluding steroid dienone is 1. The maximum absolute atomic E-state index is 13.7. The summed E-state index contributed by atoms with van der Waals surface area (Å²) in [6, 6.07) is 15.9. The van der Waals surface area contributed by atoms with Gasteiger partial charge in [-0.2, -0.15) is 0 Å². The van der Waals surface area contributed by atoms with Gasteiger partial charge in [-0.3, -0.25) is 9.69 Å². The Morgan fingerprint density at radius 3 is 2.16 bits per heavy atom. The summed E-state index contributed by atoms with van der Waals surface area (Å²) in [7, 11) is 1.29. The molecule has 2 heterocycles. The number of nitrogens with zero attached hydrogens (tertiary/aromatic N) is 2. The first-order valence-electron chi connectivity index (χ1n) is 11.8. The third-order valence-electron chi connectivity index (χ3n) is 6.28. The molecule has 0 aliphatic carbocycles. The molecule has 4 rings (SSSR count). The minimum atomic E-state index is -0.603. The van der Waals surface area contributed by atoms with Gasteiger partial charge in [0.1, 0.15) is 0 Å². The van der Waals surface area contributed by atoms with Gasteiger partial charge in [0.2, 0.25) is 0 Å². The summed E-state index contributed by atoms with van der Waals surface area (Å²) in [4.78, 5) is 40.0. The second-order valence-corrected chi connectivity index (χ2v) is 8.99. The molecule has 0 saturated carbocycles. The molecule has 8 heteroatoms. The predicted octanol–water partition coefficient (Wildman–Crippen LogP) is 5.80. The van der Waals surface area contributed by atoms with E-state index in [4.69, 9.17) is 21.1 Å². The SMILES string of the molecule is CCOC(=O)c1ccc(N2C(=O)/C(=C\c3cc(C)n(-c4ccc(Cl)cc4)c3C)C(C(=O)OC)=C2C)cc1. The van der Waals surface area contributed by atoms with Crippen LogP contribution in [0, 0.1) is 13.8 Å². The highest BCUT2D eigenvalue weighted by Crippen LogP contribution is 2.36. The van der Waals surface area contributed by atoms with Crippen LogP contribution in [0.1, 0.15) is 41.2 Å². The Morgan fingerprint density at radius 2 is 1.57 bits per heavy atom. The highest BCUT2D eigenvalue weighted by Gasteiger charge is 2.38. The number of carbonyl (C=O) groups excluding carboxylic acids is 3. The van der Waals surface area contributed by atoms with Crippen LogP contribution in [0.3, 0.4) is 0 Å². The van der Waals surface area contributed by atoms with E-state index in [0.29, 0.717) is 22.0 Å². The van der Waals surface area contributed by atoms with Crippen molar-refractivity contribution in [2.24, 2.45) is 0 Å². The summed E-state index contributed by atoms with van der Waals surface area (Å²) >= 11 is 6.06. The Hall–Kier alpha value is -4.10. The van der Waals surface area contributed by atoms with Crippen LogP contribution in [-0.2, 0) is 19.1 Å². The van der Waals surface area contributed by atoms with Crippen molar-refractivity contribution in [1.82, 2.24) is 4.57 Å². The Morgan fingerprint density at radius 1 is 0.946 bits per heavy atom. The highest BCUT2D eigenvalue weighted by molar-refractivity contribution is 6.30. The van der Waals surface area contributed by atoms with E-state index in [-0.39, 0.29) is 23.7 Å². The lowest BCUT2D eigenvalue weighted by Gasteiger charge is -2.18. The van der Waals surface area contributed by atoms with Gasteiger partial charge >= 0.3 is 11.9 Å². The predicted molar refractivity (Wildman–Crippen MR) is 143 cm³/mol. The van der Waals surface area contributed by atoms with E-state index in [1.165, 1.54) is 12.0 Å². The molecule has 0 atom stereocenters. The quantitative estimate of drug-likeness (QED) is 0.304. The Bertz CT molecular complexity index is 1450. The van der Waals surface area contributed by atoms with Crippen molar-refractivity contribution in [3.63, 3.8) is 0 Å². The number of amides is 1. The third kappa shape index (κ3) is 4.82. The van der Waals surface area contributed by atoms with Crippen molar-refractivity contribution in [2.75, 3.05) is 18.6 Å². The first-order chi connectivity index (χ1) is 17.7. The second kappa shape index (κ2) is 10.5. The lowest BCUT2D eigenvalue weighted by Crippen LogP contribution is -2.24. The molecule has 1 aliphatic heterocycles. The minimum absolute atomic E-state index is 0.193. The summed E-state index contributed by atoms with van der Waals surface area (Å²) in [6.07, 6.45) is 1.72.